The number of hydrogen-bond acceptors (Lipinski definition) is 6. The molecule has 4 aromatic rings. The average molecular weight is 557 g/mol. The molecule has 1 N–H and O–H groups in total. The quantitative estimate of drug-likeness (QED) is 0.261. The number of para-hydroxylation sites is 1. The van der Waals surface area contributed by atoms with Crippen molar-refractivity contribution in [2.75, 3.05) is 33.2 Å². The van der Waals surface area contributed by atoms with Gasteiger partial charge in [0, 0.05) is 17.8 Å². The summed E-state index contributed by atoms with van der Waals surface area (Å²) in [6, 6.07) is 22.4. The summed E-state index contributed by atoms with van der Waals surface area (Å²) in [6.07, 6.45) is 1.87. The van der Waals surface area contributed by atoms with Crippen LogP contribution in [0.2, 0.25) is 0 Å². The van der Waals surface area contributed by atoms with Gasteiger partial charge in [0.1, 0.15) is 12.3 Å². The van der Waals surface area contributed by atoms with Crippen molar-refractivity contribution in [3.8, 4) is 34.1 Å². The molecule has 0 spiro atoms. The van der Waals surface area contributed by atoms with Crippen LogP contribution in [-0.2, 0) is 9.59 Å². The summed E-state index contributed by atoms with van der Waals surface area (Å²) in [5.41, 5.74) is 3.22. The summed E-state index contributed by atoms with van der Waals surface area (Å²) in [4.78, 5) is 28.6. The fourth-order valence-corrected chi connectivity index (χ4v) is 4.52. The number of carbonyl (C=O) groups is 2. The molecular formula is C32H36N4O5. The SMILES string of the molecule is COc1ccc(-c2cn(-c3ccccc3)nc2NC(=O)CN(C(=O)C(C)c2ccc(OC)c(OC)c2)C(C)C)cc1. The predicted octanol–water partition coefficient (Wildman–Crippen LogP) is 5.54. The third kappa shape index (κ3) is 6.69. The van der Waals surface area contributed by atoms with Gasteiger partial charge in [0.05, 0.1) is 32.9 Å². The lowest BCUT2D eigenvalue weighted by Gasteiger charge is -2.29. The van der Waals surface area contributed by atoms with Gasteiger partial charge in [-0.25, -0.2) is 4.68 Å². The fraction of sp³-hybridized carbons (Fsp3) is 0.281. The second-order valence-electron chi connectivity index (χ2n) is 9.84. The molecule has 1 unspecified atom stereocenters. The van der Waals surface area contributed by atoms with E-state index in [1.807, 2.05) is 87.6 Å². The first-order valence-corrected chi connectivity index (χ1v) is 13.4. The lowest BCUT2D eigenvalue weighted by atomic mass is 9.98. The van der Waals surface area contributed by atoms with E-state index in [1.54, 1.807) is 43.0 Å². The Kier molecular flexibility index (Phi) is 9.29. The highest BCUT2D eigenvalue weighted by molar-refractivity contribution is 5.97. The molecule has 9 heteroatoms. The number of ether oxygens (including phenoxy) is 3. The summed E-state index contributed by atoms with van der Waals surface area (Å²) in [7, 11) is 4.73. The van der Waals surface area contributed by atoms with E-state index in [-0.39, 0.29) is 24.4 Å². The highest BCUT2D eigenvalue weighted by atomic mass is 16.5. The first kappa shape index (κ1) is 29.2. The van der Waals surface area contributed by atoms with Crippen LogP contribution in [0.25, 0.3) is 16.8 Å². The van der Waals surface area contributed by atoms with Crippen molar-refractivity contribution < 1.29 is 23.8 Å². The minimum atomic E-state index is -0.503. The Morgan fingerprint density at radius 3 is 2.17 bits per heavy atom. The molecule has 0 aliphatic carbocycles. The molecule has 214 valence electrons. The van der Waals surface area contributed by atoms with Gasteiger partial charge in [0.15, 0.2) is 17.3 Å². The van der Waals surface area contributed by atoms with E-state index < -0.39 is 5.92 Å². The lowest BCUT2D eigenvalue weighted by molar-refractivity contribution is -0.137. The molecular weight excluding hydrogens is 520 g/mol. The topological polar surface area (TPSA) is 94.9 Å². The van der Waals surface area contributed by atoms with E-state index in [1.165, 1.54) is 0 Å². The number of nitrogens with one attached hydrogen (secondary N) is 1. The highest BCUT2D eigenvalue weighted by Gasteiger charge is 2.27. The first-order chi connectivity index (χ1) is 19.7. The zero-order chi connectivity index (χ0) is 29.5. The van der Waals surface area contributed by atoms with Crippen LogP contribution in [-0.4, -0.2) is 60.4 Å². The maximum Gasteiger partial charge on any atom is 0.245 e. The molecule has 0 aliphatic heterocycles. The number of aromatic nitrogens is 2. The van der Waals surface area contributed by atoms with Crippen LogP contribution in [0.5, 0.6) is 17.2 Å². The number of rotatable bonds is 11. The summed E-state index contributed by atoms with van der Waals surface area (Å²) < 4.78 is 17.8. The summed E-state index contributed by atoms with van der Waals surface area (Å²) in [6.45, 7) is 5.47. The number of hydrogen-bond donors (Lipinski definition) is 1. The van der Waals surface area contributed by atoms with Crippen molar-refractivity contribution >= 4 is 17.6 Å². The molecule has 1 aromatic heterocycles. The third-order valence-corrected chi connectivity index (χ3v) is 6.89. The Balaban J connectivity index is 1.58. The second-order valence-corrected chi connectivity index (χ2v) is 9.84. The van der Waals surface area contributed by atoms with Crippen LogP contribution in [0.1, 0.15) is 32.3 Å². The third-order valence-electron chi connectivity index (χ3n) is 6.89. The van der Waals surface area contributed by atoms with Crippen LogP contribution in [0.15, 0.2) is 79.0 Å². The first-order valence-electron chi connectivity index (χ1n) is 13.4. The normalized spacial score (nSPS) is 11.6. The van der Waals surface area contributed by atoms with Crippen LogP contribution >= 0.6 is 0 Å². The van der Waals surface area contributed by atoms with Crippen molar-refractivity contribution in [1.82, 2.24) is 14.7 Å². The molecule has 0 bridgehead atoms. The molecule has 41 heavy (non-hydrogen) atoms. The molecule has 9 nitrogen and oxygen atoms in total. The fourth-order valence-electron chi connectivity index (χ4n) is 4.52. The van der Waals surface area contributed by atoms with Gasteiger partial charge in [-0.05, 0) is 68.3 Å². The molecule has 4 rings (SSSR count). The number of carbonyl (C=O) groups excluding carboxylic acids is 2. The minimum absolute atomic E-state index is 0.131. The van der Waals surface area contributed by atoms with Gasteiger partial charge in [-0.1, -0.05) is 36.4 Å². The van der Waals surface area contributed by atoms with Crippen LogP contribution < -0.4 is 19.5 Å². The number of anilines is 1. The van der Waals surface area contributed by atoms with Crippen LogP contribution in [0.4, 0.5) is 5.82 Å². The van der Waals surface area contributed by atoms with E-state index in [2.05, 4.69) is 10.4 Å². The van der Waals surface area contributed by atoms with Crippen molar-refractivity contribution in [3.05, 3.63) is 84.6 Å². The van der Waals surface area contributed by atoms with Gasteiger partial charge in [-0.3, -0.25) is 9.59 Å². The van der Waals surface area contributed by atoms with Crippen LogP contribution in [0.3, 0.4) is 0 Å². The second kappa shape index (κ2) is 13.0. The maximum absolute atomic E-state index is 13.6. The smallest absolute Gasteiger partial charge is 0.245 e. The number of methoxy groups -OCH3 is 3. The van der Waals surface area contributed by atoms with Gasteiger partial charge in [-0.15, -0.1) is 5.10 Å². The molecule has 0 fully saturated rings. The Labute approximate surface area is 240 Å². The van der Waals surface area contributed by atoms with Gasteiger partial charge in [0.25, 0.3) is 0 Å². The summed E-state index contributed by atoms with van der Waals surface area (Å²) >= 11 is 0. The van der Waals surface area contributed by atoms with Gasteiger partial charge in [0.2, 0.25) is 11.8 Å². The molecule has 0 saturated heterocycles. The molecule has 0 radical (unpaired) electrons. The largest absolute Gasteiger partial charge is 0.497 e. The molecule has 1 atom stereocenters. The molecule has 0 aliphatic rings. The van der Waals surface area contributed by atoms with E-state index >= 15 is 0 Å². The minimum Gasteiger partial charge on any atom is -0.497 e. The average Bonchev–Trinajstić information content (AvgIpc) is 3.42. The summed E-state index contributed by atoms with van der Waals surface area (Å²) in [5, 5.41) is 7.63. The number of amides is 2. The highest BCUT2D eigenvalue weighted by Crippen LogP contribution is 2.32. The van der Waals surface area contributed by atoms with E-state index in [4.69, 9.17) is 14.2 Å². The zero-order valence-electron chi connectivity index (χ0n) is 24.3. The number of nitrogens with zero attached hydrogens (tertiary/aromatic N) is 3. The van der Waals surface area contributed by atoms with Gasteiger partial charge >= 0.3 is 0 Å². The molecule has 3 aromatic carbocycles. The Bertz CT molecular complexity index is 1480. The Hall–Kier alpha value is -4.79. The monoisotopic (exact) mass is 556 g/mol. The predicted molar refractivity (Wildman–Crippen MR) is 159 cm³/mol. The van der Waals surface area contributed by atoms with E-state index in [0.717, 1.165) is 28.1 Å². The van der Waals surface area contributed by atoms with Crippen LogP contribution in [0, 0.1) is 0 Å². The maximum atomic E-state index is 13.6. The van der Waals surface area contributed by atoms with E-state index in [0.29, 0.717) is 17.3 Å². The van der Waals surface area contributed by atoms with Crippen molar-refractivity contribution in [1.29, 1.82) is 0 Å². The molecule has 0 saturated carbocycles. The summed E-state index contributed by atoms with van der Waals surface area (Å²) in [5.74, 6) is 1.22. The van der Waals surface area contributed by atoms with Crippen molar-refractivity contribution in [3.63, 3.8) is 0 Å². The zero-order valence-corrected chi connectivity index (χ0v) is 24.3. The van der Waals surface area contributed by atoms with Gasteiger partial charge < -0.3 is 24.4 Å². The Morgan fingerprint density at radius 1 is 0.878 bits per heavy atom. The molecule has 2 amide bonds. The Morgan fingerprint density at radius 2 is 1.56 bits per heavy atom. The van der Waals surface area contributed by atoms with E-state index in [9.17, 15) is 9.59 Å². The van der Waals surface area contributed by atoms with Crippen molar-refractivity contribution in [2.24, 2.45) is 0 Å². The van der Waals surface area contributed by atoms with Gasteiger partial charge in [-0.2, -0.15) is 0 Å². The van der Waals surface area contributed by atoms with Crippen molar-refractivity contribution in [2.45, 2.75) is 32.7 Å². The molecule has 1 heterocycles. The number of benzene rings is 3. The lowest BCUT2D eigenvalue weighted by Crippen LogP contribution is -2.44. The standard InChI is InChI=1S/C32H36N4O5/c1-21(2)35(32(38)22(3)24-14-17-28(40-5)29(18-24)41-6)20-30(37)33-31-27(23-12-15-26(39-4)16-13-23)19-36(34-31)25-10-8-7-9-11-25/h7-19,21-22H,20H2,1-6H3,(H,33,34,37).